The van der Waals surface area contributed by atoms with E-state index in [1.54, 1.807) is 7.11 Å². The first-order valence-electron chi connectivity index (χ1n) is 9.56. The Morgan fingerprint density at radius 1 is 1.32 bits per heavy atom. The van der Waals surface area contributed by atoms with Crippen molar-refractivity contribution in [3.63, 3.8) is 0 Å². The molecule has 148 valence electrons. The fourth-order valence-electron chi connectivity index (χ4n) is 3.62. The van der Waals surface area contributed by atoms with E-state index in [0.717, 1.165) is 28.7 Å². The predicted molar refractivity (Wildman–Crippen MR) is 111 cm³/mol. The van der Waals surface area contributed by atoms with Crippen LogP contribution in [0.25, 0.3) is 11.4 Å². The molecule has 1 heterocycles. The van der Waals surface area contributed by atoms with E-state index >= 15 is 0 Å². The SMILES string of the molecule is C#CCNC(=O)CSc1nnc(-c2ccc(OC)cc2)n1[C@@H]1CCCC[C@H]1C. The van der Waals surface area contributed by atoms with Crippen molar-refractivity contribution in [3.05, 3.63) is 24.3 Å². The monoisotopic (exact) mass is 398 g/mol. The van der Waals surface area contributed by atoms with E-state index in [1.165, 1.54) is 31.0 Å². The van der Waals surface area contributed by atoms with E-state index in [4.69, 9.17) is 11.2 Å². The minimum Gasteiger partial charge on any atom is -0.497 e. The van der Waals surface area contributed by atoms with E-state index in [2.05, 4.69) is 32.9 Å². The molecule has 0 spiro atoms. The van der Waals surface area contributed by atoms with Crippen molar-refractivity contribution in [3.8, 4) is 29.5 Å². The molecule has 28 heavy (non-hydrogen) atoms. The van der Waals surface area contributed by atoms with Crippen LogP contribution >= 0.6 is 11.8 Å². The van der Waals surface area contributed by atoms with E-state index in [-0.39, 0.29) is 18.2 Å². The van der Waals surface area contributed by atoms with Crippen LogP contribution in [0, 0.1) is 18.3 Å². The number of thioether (sulfide) groups is 1. The van der Waals surface area contributed by atoms with Gasteiger partial charge in [-0.05, 0) is 43.0 Å². The molecular weight excluding hydrogens is 372 g/mol. The molecule has 1 saturated carbocycles. The maximum absolute atomic E-state index is 12.0. The molecule has 1 fully saturated rings. The predicted octanol–water partition coefficient (Wildman–Crippen LogP) is 3.55. The Bertz CT molecular complexity index is 841. The molecular formula is C21H26N4O2S. The second-order valence-electron chi connectivity index (χ2n) is 7.00. The van der Waals surface area contributed by atoms with Crippen molar-refractivity contribution < 1.29 is 9.53 Å². The minimum atomic E-state index is -0.0970. The molecule has 2 atom stereocenters. The van der Waals surface area contributed by atoms with Gasteiger partial charge < -0.3 is 10.1 Å². The summed E-state index contributed by atoms with van der Waals surface area (Å²) in [5.41, 5.74) is 0.995. The number of nitrogens with zero attached hydrogens (tertiary/aromatic N) is 3. The summed E-state index contributed by atoms with van der Waals surface area (Å²) in [6.07, 6.45) is 9.95. The first-order valence-corrected chi connectivity index (χ1v) is 10.5. The summed E-state index contributed by atoms with van der Waals surface area (Å²) in [5, 5.41) is 12.4. The normalized spacial score (nSPS) is 19.0. The van der Waals surface area contributed by atoms with Crippen LogP contribution in [0.1, 0.15) is 38.6 Å². The van der Waals surface area contributed by atoms with Crippen LogP contribution in [-0.4, -0.2) is 40.1 Å². The first kappa shape index (κ1) is 20.3. The van der Waals surface area contributed by atoms with Crippen molar-refractivity contribution in [1.29, 1.82) is 0 Å². The van der Waals surface area contributed by atoms with Gasteiger partial charge in [0.2, 0.25) is 5.91 Å². The third kappa shape index (κ3) is 4.68. The number of rotatable bonds is 7. The fourth-order valence-corrected chi connectivity index (χ4v) is 4.44. The summed E-state index contributed by atoms with van der Waals surface area (Å²) >= 11 is 1.41. The topological polar surface area (TPSA) is 69.0 Å². The molecule has 1 aliphatic rings. The third-order valence-corrected chi connectivity index (χ3v) is 6.07. The van der Waals surface area contributed by atoms with Crippen LogP contribution in [0.15, 0.2) is 29.4 Å². The Morgan fingerprint density at radius 2 is 2.07 bits per heavy atom. The second kappa shape index (κ2) is 9.65. The summed E-state index contributed by atoms with van der Waals surface area (Å²) < 4.78 is 7.49. The van der Waals surface area contributed by atoms with Crippen LogP contribution in [0.3, 0.4) is 0 Å². The summed E-state index contributed by atoms with van der Waals surface area (Å²) in [6, 6.07) is 8.19. The summed E-state index contributed by atoms with van der Waals surface area (Å²) in [5.74, 6) is 4.77. The lowest BCUT2D eigenvalue weighted by atomic mass is 9.85. The van der Waals surface area contributed by atoms with Crippen LogP contribution in [0.2, 0.25) is 0 Å². The lowest BCUT2D eigenvalue weighted by Crippen LogP contribution is -2.26. The van der Waals surface area contributed by atoms with Crippen molar-refractivity contribution in [2.45, 2.75) is 43.8 Å². The molecule has 7 heteroatoms. The number of hydrogen-bond donors (Lipinski definition) is 1. The van der Waals surface area contributed by atoms with Crippen molar-refractivity contribution in [2.75, 3.05) is 19.4 Å². The number of ether oxygens (including phenoxy) is 1. The number of aromatic nitrogens is 3. The van der Waals surface area contributed by atoms with Crippen LogP contribution in [0.5, 0.6) is 5.75 Å². The molecule has 0 bridgehead atoms. The summed E-state index contributed by atoms with van der Waals surface area (Å²) in [4.78, 5) is 12.0. The Hall–Kier alpha value is -2.46. The molecule has 0 unspecified atom stereocenters. The van der Waals surface area contributed by atoms with Gasteiger partial charge in [0.1, 0.15) is 5.75 Å². The van der Waals surface area contributed by atoms with Gasteiger partial charge in [0.15, 0.2) is 11.0 Å². The minimum absolute atomic E-state index is 0.0970. The van der Waals surface area contributed by atoms with Crippen molar-refractivity contribution in [1.82, 2.24) is 20.1 Å². The molecule has 1 aliphatic carbocycles. The highest BCUT2D eigenvalue weighted by atomic mass is 32.2. The molecule has 0 aliphatic heterocycles. The highest BCUT2D eigenvalue weighted by molar-refractivity contribution is 7.99. The number of hydrogen-bond acceptors (Lipinski definition) is 5. The zero-order valence-corrected chi connectivity index (χ0v) is 17.2. The van der Waals surface area contributed by atoms with Crippen molar-refractivity contribution >= 4 is 17.7 Å². The molecule has 3 rings (SSSR count). The van der Waals surface area contributed by atoms with Gasteiger partial charge in [-0.2, -0.15) is 0 Å². The smallest absolute Gasteiger partial charge is 0.231 e. The molecule has 0 radical (unpaired) electrons. The van der Waals surface area contributed by atoms with E-state index in [1.807, 2.05) is 24.3 Å². The van der Waals surface area contributed by atoms with Gasteiger partial charge in [0, 0.05) is 11.6 Å². The molecule has 1 aromatic carbocycles. The van der Waals surface area contributed by atoms with Crippen molar-refractivity contribution in [2.24, 2.45) is 5.92 Å². The largest absolute Gasteiger partial charge is 0.497 e. The number of carbonyl (C=O) groups excluding carboxylic acids is 1. The molecule has 2 aromatic rings. The molecule has 1 N–H and O–H groups in total. The molecule has 1 amide bonds. The number of amides is 1. The van der Waals surface area contributed by atoms with E-state index in [9.17, 15) is 4.79 Å². The Morgan fingerprint density at radius 3 is 2.75 bits per heavy atom. The zero-order chi connectivity index (χ0) is 19.9. The maximum Gasteiger partial charge on any atom is 0.231 e. The molecule has 6 nitrogen and oxygen atoms in total. The van der Waals surface area contributed by atoms with Gasteiger partial charge in [0.25, 0.3) is 0 Å². The summed E-state index contributed by atoms with van der Waals surface area (Å²) in [6.45, 7) is 2.53. The molecule has 0 saturated heterocycles. The number of benzene rings is 1. The van der Waals surface area contributed by atoms with Crippen LogP contribution in [-0.2, 0) is 4.79 Å². The van der Waals surface area contributed by atoms with Gasteiger partial charge >= 0.3 is 0 Å². The second-order valence-corrected chi connectivity index (χ2v) is 7.95. The van der Waals surface area contributed by atoms with Gasteiger partial charge in [-0.15, -0.1) is 16.6 Å². The van der Waals surface area contributed by atoms with Gasteiger partial charge in [0.05, 0.1) is 19.4 Å². The molecule has 1 aromatic heterocycles. The highest BCUT2D eigenvalue weighted by Gasteiger charge is 2.28. The lowest BCUT2D eigenvalue weighted by Gasteiger charge is -2.31. The third-order valence-electron chi connectivity index (χ3n) is 5.13. The number of methoxy groups -OCH3 is 1. The standard InChI is InChI=1S/C21H26N4O2S/c1-4-13-22-19(26)14-28-21-24-23-20(16-9-11-17(27-3)12-10-16)25(21)18-8-6-5-7-15(18)2/h1,9-12,15,18H,5-8,13-14H2,2-3H3,(H,22,26)/t15-,18-/m1/s1. The Labute approximate surface area is 170 Å². The first-order chi connectivity index (χ1) is 13.6. The number of terminal acetylenes is 1. The van der Waals surface area contributed by atoms with Crippen LogP contribution < -0.4 is 10.1 Å². The van der Waals surface area contributed by atoms with E-state index < -0.39 is 0 Å². The average molecular weight is 399 g/mol. The number of nitrogens with one attached hydrogen (secondary N) is 1. The van der Waals surface area contributed by atoms with Gasteiger partial charge in [-0.1, -0.05) is 37.4 Å². The quantitative estimate of drug-likeness (QED) is 0.571. The van der Waals surface area contributed by atoms with Gasteiger partial charge in [-0.3, -0.25) is 9.36 Å². The summed E-state index contributed by atoms with van der Waals surface area (Å²) in [7, 11) is 1.65. The Balaban J connectivity index is 1.89. The average Bonchev–Trinajstić information content (AvgIpc) is 3.14. The van der Waals surface area contributed by atoms with E-state index in [0.29, 0.717) is 12.0 Å². The zero-order valence-electron chi connectivity index (χ0n) is 16.4. The number of carbonyl (C=O) groups is 1. The van der Waals surface area contributed by atoms with Crippen LogP contribution in [0.4, 0.5) is 0 Å². The highest BCUT2D eigenvalue weighted by Crippen LogP contribution is 2.39. The van der Waals surface area contributed by atoms with Gasteiger partial charge in [-0.25, -0.2) is 0 Å². The lowest BCUT2D eigenvalue weighted by molar-refractivity contribution is -0.118. The fraction of sp³-hybridized carbons (Fsp3) is 0.476. The Kier molecular flexibility index (Phi) is 6.99. The maximum atomic E-state index is 12.0.